The SMILES string of the molecule is CC(C)COC[C@H](O)CNc1nc2ccccc2c(=O)[nH]1. The molecule has 3 N–H and O–H groups in total. The predicted molar refractivity (Wildman–Crippen MR) is 82.5 cm³/mol. The number of aliphatic hydroxyl groups is 1. The molecule has 0 unspecified atom stereocenters. The molecular weight excluding hydrogens is 270 g/mol. The normalized spacial score (nSPS) is 12.8. The van der Waals surface area contributed by atoms with Crippen LogP contribution in [0.1, 0.15) is 13.8 Å². The Balaban J connectivity index is 1.93. The first-order valence-electron chi connectivity index (χ1n) is 7.05. The minimum absolute atomic E-state index is 0.200. The number of nitrogens with one attached hydrogen (secondary N) is 2. The van der Waals surface area contributed by atoms with Crippen LogP contribution in [0.3, 0.4) is 0 Å². The number of aliphatic hydroxyl groups excluding tert-OH is 1. The predicted octanol–water partition coefficient (Wildman–Crippen LogP) is 1.37. The molecular formula is C15H21N3O3. The molecule has 114 valence electrons. The minimum atomic E-state index is -0.652. The minimum Gasteiger partial charge on any atom is -0.389 e. The number of aromatic nitrogens is 2. The Morgan fingerprint density at radius 2 is 2.10 bits per heavy atom. The van der Waals surface area contributed by atoms with E-state index in [0.717, 1.165) is 0 Å². The lowest BCUT2D eigenvalue weighted by Crippen LogP contribution is -2.27. The number of rotatable bonds is 7. The molecule has 1 aromatic carbocycles. The lowest BCUT2D eigenvalue weighted by atomic mass is 10.2. The van der Waals surface area contributed by atoms with Crippen molar-refractivity contribution in [2.45, 2.75) is 20.0 Å². The Kier molecular flexibility index (Phi) is 5.30. The molecule has 21 heavy (non-hydrogen) atoms. The van der Waals surface area contributed by atoms with Crippen molar-refractivity contribution >= 4 is 16.9 Å². The number of nitrogens with zero attached hydrogens (tertiary/aromatic N) is 1. The molecule has 0 bridgehead atoms. The topological polar surface area (TPSA) is 87.2 Å². The molecule has 1 atom stereocenters. The average Bonchev–Trinajstić information content (AvgIpc) is 2.45. The molecule has 0 aliphatic rings. The number of hydrogen-bond acceptors (Lipinski definition) is 5. The highest BCUT2D eigenvalue weighted by molar-refractivity contribution is 5.78. The van der Waals surface area contributed by atoms with E-state index >= 15 is 0 Å². The second kappa shape index (κ2) is 7.19. The fourth-order valence-electron chi connectivity index (χ4n) is 1.88. The van der Waals surface area contributed by atoms with Crippen LogP contribution in [-0.2, 0) is 4.74 Å². The molecule has 0 aliphatic heterocycles. The maximum atomic E-state index is 11.9. The highest BCUT2D eigenvalue weighted by Gasteiger charge is 2.07. The monoisotopic (exact) mass is 291 g/mol. The van der Waals surface area contributed by atoms with Gasteiger partial charge in [-0.3, -0.25) is 9.78 Å². The zero-order valence-corrected chi connectivity index (χ0v) is 12.3. The summed E-state index contributed by atoms with van der Waals surface area (Å²) >= 11 is 0. The van der Waals surface area contributed by atoms with Crippen LogP contribution in [-0.4, -0.2) is 40.9 Å². The molecule has 0 radical (unpaired) electrons. The fraction of sp³-hybridized carbons (Fsp3) is 0.467. The molecule has 1 heterocycles. The van der Waals surface area contributed by atoms with Crippen molar-refractivity contribution in [2.24, 2.45) is 5.92 Å². The van der Waals surface area contributed by atoms with Crippen molar-refractivity contribution in [3.8, 4) is 0 Å². The van der Waals surface area contributed by atoms with Crippen LogP contribution in [0.25, 0.3) is 10.9 Å². The number of ether oxygens (including phenoxy) is 1. The number of anilines is 1. The van der Waals surface area contributed by atoms with E-state index in [4.69, 9.17) is 4.74 Å². The Hall–Kier alpha value is -1.92. The van der Waals surface area contributed by atoms with Crippen molar-refractivity contribution in [1.29, 1.82) is 0 Å². The molecule has 2 rings (SSSR count). The van der Waals surface area contributed by atoms with Gasteiger partial charge in [-0.1, -0.05) is 26.0 Å². The van der Waals surface area contributed by atoms with Gasteiger partial charge in [-0.2, -0.15) is 0 Å². The number of hydrogen-bond donors (Lipinski definition) is 3. The summed E-state index contributed by atoms with van der Waals surface area (Å²) in [7, 11) is 0. The molecule has 0 saturated carbocycles. The van der Waals surface area contributed by atoms with E-state index in [1.165, 1.54) is 0 Å². The Labute approximate surface area is 123 Å². The van der Waals surface area contributed by atoms with Crippen LogP contribution in [0, 0.1) is 5.92 Å². The summed E-state index contributed by atoms with van der Waals surface area (Å²) in [4.78, 5) is 18.8. The van der Waals surface area contributed by atoms with Gasteiger partial charge in [-0.15, -0.1) is 0 Å². The van der Waals surface area contributed by atoms with Gasteiger partial charge in [0, 0.05) is 13.2 Å². The maximum absolute atomic E-state index is 11.9. The second-order valence-electron chi connectivity index (χ2n) is 5.40. The van der Waals surface area contributed by atoms with Crippen molar-refractivity contribution in [3.05, 3.63) is 34.6 Å². The van der Waals surface area contributed by atoms with Gasteiger partial charge in [0.25, 0.3) is 5.56 Å². The van der Waals surface area contributed by atoms with Gasteiger partial charge in [0.15, 0.2) is 0 Å². The summed E-state index contributed by atoms with van der Waals surface area (Å²) in [6, 6.07) is 7.12. The largest absolute Gasteiger partial charge is 0.389 e. The van der Waals surface area contributed by atoms with Crippen molar-refractivity contribution < 1.29 is 9.84 Å². The third kappa shape index (κ3) is 4.54. The van der Waals surface area contributed by atoms with Crippen LogP contribution < -0.4 is 10.9 Å². The lowest BCUT2D eigenvalue weighted by Gasteiger charge is -2.13. The molecule has 6 nitrogen and oxygen atoms in total. The van der Waals surface area contributed by atoms with Crippen molar-refractivity contribution in [2.75, 3.05) is 25.1 Å². The van der Waals surface area contributed by atoms with Gasteiger partial charge in [0.2, 0.25) is 5.95 Å². The summed E-state index contributed by atoms with van der Waals surface area (Å²) in [5.74, 6) is 0.783. The van der Waals surface area contributed by atoms with E-state index in [1.54, 1.807) is 18.2 Å². The highest BCUT2D eigenvalue weighted by Crippen LogP contribution is 2.07. The Bertz CT molecular complexity index is 639. The zero-order valence-electron chi connectivity index (χ0n) is 12.3. The molecule has 0 spiro atoms. The smallest absolute Gasteiger partial charge is 0.260 e. The van der Waals surface area contributed by atoms with Crippen LogP contribution in [0.5, 0.6) is 0 Å². The maximum Gasteiger partial charge on any atom is 0.260 e. The average molecular weight is 291 g/mol. The van der Waals surface area contributed by atoms with E-state index in [0.29, 0.717) is 29.4 Å². The van der Waals surface area contributed by atoms with E-state index in [2.05, 4.69) is 15.3 Å². The van der Waals surface area contributed by atoms with Gasteiger partial charge in [-0.05, 0) is 18.1 Å². The Morgan fingerprint density at radius 3 is 2.86 bits per heavy atom. The molecule has 0 fully saturated rings. The van der Waals surface area contributed by atoms with Gasteiger partial charge < -0.3 is 15.2 Å². The van der Waals surface area contributed by atoms with Crippen LogP contribution in [0.4, 0.5) is 5.95 Å². The van der Waals surface area contributed by atoms with E-state index in [-0.39, 0.29) is 18.7 Å². The van der Waals surface area contributed by atoms with Gasteiger partial charge in [0.05, 0.1) is 23.6 Å². The molecule has 6 heteroatoms. The van der Waals surface area contributed by atoms with Crippen LogP contribution in [0.15, 0.2) is 29.1 Å². The van der Waals surface area contributed by atoms with Gasteiger partial charge in [0.1, 0.15) is 0 Å². The van der Waals surface area contributed by atoms with E-state index in [1.807, 2.05) is 19.9 Å². The van der Waals surface area contributed by atoms with Gasteiger partial charge in [-0.25, -0.2) is 4.98 Å². The fourth-order valence-corrected chi connectivity index (χ4v) is 1.88. The van der Waals surface area contributed by atoms with E-state index in [9.17, 15) is 9.90 Å². The van der Waals surface area contributed by atoms with Crippen molar-refractivity contribution in [1.82, 2.24) is 9.97 Å². The molecule has 0 amide bonds. The first kappa shape index (κ1) is 15.5. The third-order valence-corrected chi connectivity index (χ3v) is 2.88. The Morgan fingerprint density at radius 1 is 1.33 bits per heavy atom. The first-order chi connectivity index (χ1) is 10.1. The summed E-state index contributed by atoms with van der Waals surface area (Å²) in [5.41, 5.74) is 0.419. The first-order valence-corrected chi connectivity index (χ1v) is 7.05. The number of aromatic amines is 1. The summed E-state index contributed by atoms with van der Waals surface area (Å²) in [5, 5.41) is 13.3. The quantitative estimate of drug-likeness (QED) is 0.717. The van der Waals surface area contributed by atoms with Crippen LogP contribution >= 0.6 is 0 Å². The summed E-state index contributed by atoms with van der Waals surface area (Å²) in [6.07, 6.45) is -0.652. The molecule has 0 aliphatic carbocycles. The molecule has 0 saturated heterocycles. The third-order valence-electron chi connectivity index (χ3n) is 2.88. The van der Waals surface area contributed by atoms with Crippen LogP contribution in [0.2, 0.25) is 0 Å². The van der Waals surface area contributed by atoms with E-state index < -0.39 is 6.10 Å². The van der Waals surface area contributed by atoms with Crippen molar-refractivity contribution in [3.63, 3.8) is 0 Å². The lowest BCUT2D eigenvalue weighted by molar-refractivity contribution is 0.0317. The number of H-pyrrole nitrogens is 1. The second-order valence-corrected chi connectivity index (χ2v) is 5.40. The van der Waals surface area contributed by atoms with Gasteiger partial charge >= 0.3 is 0 Å². The molecule has 1 aromatic heterocycles. The highest BCUT2D eigenvalue weighted by atomic mass is 16.5. The number of fused-ring (bicyclic) bond motifs is 1. The number of para-hydroxylation sites is 1. The number of benzene rings is 1. The summed E-state index contributed by atoms with van der Waals surface area (Å²) in [6.45, 7) is 5.23. The molecule has 2 aromatic rings. The zero-order chi connectivity index (χ0) is 15.2. The summed E-state index contributed by atoms with van der Waals surface area (Å²) < 4.78 is 5.36. The standard InChI is InChI=1S/C15H21N3O3/c1-10(2)8-21-9-11(19)7-16-15-17-13-6-4-3-5-12(13)14(20)18-15/h3-6,10-11,19H,7-9H2,1-2H3,(H2,16,17,18,20)/t11-/m1/s1.